The lowest BCUT2D eigenvalue weighted by atomic mass is 9.98. The maximum atomic E-state index is 3.95. The summed E-state index contributed by atoms with van der Waals surface area (Å²) < 4.78 is 3.95. The van der Waals surface area contributed by atoms with Gasteiger partial charge in [0.15, 0.2) is 0 Å². The zero-order chi connectivity index (χ0) is 12.3. The van der Waals surface area contributed by atoms with Gasteiger partial charge in [0.2, 0.25) is 0 Å². The van der Waals surface area contributed by atoms with Gasteiger partial charge in [-0.1, -0.05) is 35.2 Å². The first-order valence-corrected chi connectivity index (χ1v) is 6.57. The molecule has 1 aromatic carbocycles. The van der Waals surface area contributed by atoms with Crippen molar-refractivity contribution in [3.63, 3.8) is 0 Å². The summed E-state index contributed by atoms with van der Waals surface area (Å²) in [7, 11) is 0. The number of nitrogens with one attached hydrogen (secondary N) is 1. The van der Waals surface area contributed by atoms with Crippen LogP contribution < -0.4 is 5.32 Å². The highest BCUT2D eigenvalue weighted by Gasteiger charge is 2.17. The Bertz CT molecular complexity index is 479. The Balaban J connectivity index is 2.42. The van der Waals surface area contributed by atoms with Crippen molar-refractivity contribution in [3.05, 3.63) is 46.0 Å². The van der Waals surface area contributed by atoms with Gasteiger partial charge in [-0.05, 0) is 43.1 Å². The molecule has 0 amide bonds. The van der Waals surface area contributed by atoms with Crippen LogP contribution in [0.1, 0.15) is 34.5 Å². The van der Waals surface area contributed by atoms with Gasteiger partial charge in [-0.15, -0.1) is 5.10 Å². The predicted octanol–water partition coefficient (Wildman–Crippen LogP) is 2.85. The van der Waals surface area contributed by atoms with Gasteiger partial charge < -0.3 is 5.32 Å². The number of aryl methyl sites for hydroxylation is 2. The van der Waals surface area contributed by atoms with E-state index >= 15 is 0 Å². The first-order chi connectivity index (χ1) is 8.22. The molecule has 17 heavy (non-hydrogen) atoms. The molecule has 90 valence electrons. The Labute approximate surface area is 106 Å². The molecule has 1 N–H and O–H groups in total. The Morgan fingerprint density at radius 2 is 2.18 bits per heavy atom. The largest absolute Gasteiger partial charge is 0.306 e. The first-order valence-electron chi connectivity index (χ1n) is 5.80. The van der Waals surface area contributed by atoms with E-state index in [1.807, 2.05) is 6.20 Å². The van der Waals surface area contributed by atoms with Crippen molar-refractivity contribution >= 4 is 11.5 Å². The van der Waals surface area contributed by atoms with Gasteiger partial charge >= 0.3 is 0 Å². The van der Waals surface area contributed by atoms with E-state index in [2.05, 4.69) is 53.9 Å². The van der Waals surface area contributed by atoms with Gasteiger partial charge in [0.1, 0.15) is 0 Å². The highest BCUT2D eigenvalue weighted by molar-refractivity contribution is 7.05. The van der Waals surface area contributed by atoms with E-state index in [-0.39, 0.29) is 6.04 Å². The third-order valence-corrected chi connectivity index (χ3v) is 3.54. The summed E-state index contributed by atoms with van der Waals surface area (Å²) in [6, 6.07) is 6.76. The van der Waals surface area contributed by atoms with Crippen LogP contribution >= 0.6 is 11.5 Å². The number of nitrogens with zero attached hydrogens (tertiary/aromatic N) is 2. The van der Waals surface area contributed by atoms with Gasteiger partial charge in [0, 0.05) is 0 Å². The molecule has 0 saturated carbocycles. The summed E-state index contributed by atoms with van der Waals surface area (Å²) >= 11 is 1.46. The number of hydrogen-bond donors (Lipinski definition) is 1. The smallest absolute Gasteiger partial charge is 0.0706 e. The minimum atomic E-state index is 0.208. The van der Waals surface area contributed by atoms with Gasteiger partial charge in [-0.25, -0.2) is 0 Å². The van der Waals surface area contributed by atoms with Crippen LogP contribution in [0.25, 0.3) is 0 Å². The first kappa shape index (κ1) is 12.2. The molecule has 0 aliphatic rings. The Hall–Kier alpha value is -1.26. The minimum absolute atomic E-state index is 0.208. The van der Waals surface area contributed by atoms with Crippen molar-refractivity contribution in [2.24, 2.45) is 0 Å². The third-order valence-electron chi connectivity index (χ3n) is 2.82. The van der Waals surface area contributed by atoms with Crippen molar-refractivity contribution < 1.29 is 0 Å². The summed E-state index contributed by atoms with van der Waals surface area (Å²) in [6.45, 7) is 7.31. The molecule has 1 unspecified atom stereocenters. The second-order valence-corrected chi connectivity index (χ2v) is 4.99. The number of hydrogen-bond acceptors (Lipinski definition) is 4. The summed E-state index contributed by atoms with van der Waals surface area (Å²) in [4.78, 5) is 1.17. The Morgan fingerprint density at radius 3 is 2.82 bits per heavy atom. The monoisotopic (exact) mass is 247 g/mol. The molecule has 1 atom stereocenters. The maximum Gasteiger partial charge on any atom is 0.0706 e. The van der Waals surface area contributed by atoms with Crippen molar-refractivity contribution in [3.8, 4) is 0 Å². The normalized spacial score (nSPS) is 12.6. The van der Waals surface area contributed by atoms with Crippen molar-refractivity contribution in [1.82, 2.24) is 14.9 Å². The highest BCUT2D eigenvalue weighted by Crippen LogP contribution is 2.27. The molecule has 0 fully saturated rings. The van der Waals surface area contributed by atoms with Gasteiger partial charge in [0.05, 0.1) is 17.1 Å². The molecular weight excluding hydrogens is 230 g/mol. The third kappa shape index (κ3) is 2.70. The van der Waals surface area contributed by atoms with Crippen LogP contribution in [-0.2, 0) is 0 Å². The highest BCUT2D eigenvalue weighted by atomic mass is 32.1. The second-order valence-electron chi connectivity index (χ2n) is 4.17. The molecule has 0 saturated heterocycles. The van der Waals surface area contributed by atoms with E-state index in [9.17, 15) is 0 Å². The van der Waals surface area contributed by atoms with Crippen molar-refractivity contribution in [2.75, 3.05) is 6.54 Å². The fourth-order valence-corrected chi connectivity index (χ4v) is 2.54. The van der Waals surface area contributed by atoms with E-state index in [4.69, 9.17) is 0 Å². The maximum absolute atomic E-state index is 3.95. The summed E-state index contributed by atoms with van der Waals surface area (Å²) in [6.07, 6.45) is 1.85. The lowest BCUT2D eigenvalue weighted by molar-refractivity contribution is 0.635. The fourth-order valence-electron chi connectivity index (χ4n) is 1.94. The average molecular weight is 247 g/mol. The van der Waals surface area contributed by atoms with E-state index in [0.29, 0.717) is 0 Å². The van der Waals surface area contributed by atoms with E-state index in [1.54, 1.807) is 0 Å². The lowest BCUT2D eigenvalue weighted by Gasteiger charge is -2.18. The zero-order valence-corrected chi connectivity index (χ0v) is 11.2. The van der Waals surface area contributed by atoms with Crippen molar-refractivity contribution in [1.29, 1.82) is 0 Å². The van der Waals surface area contributed by atoms with Crippen LogP contribution in [-0.4, -0.2) is 16.1 Å². The molecule has 4 heteroatoms. The number of rotatable bonds is 4. The number of benzene rings is 1. The SMILES string of the molecule is CCNC(c1cnns1)c1cc(C)ccc1C. The fraction of sp³-hybridized carbons (Fsp3) is 0.385. The molecule has 0 radical (unpaired) electrons. The number of aromatic nitrogens is 2. The van der Waals surface area contributed by atoms with Gasteiger partial charge in [-0.3, -0.25) is 0 Å². The van der Waals surface area contributed by atoms with E-state index < -0.39 is 0 Å². The van der Waals surface area contributed by atoms with Crippen LogP contribution in [0.4, 0.5) is 0 Å². The standard InChI is InChI=1S/C13H17N3S/c1-4-14-13(12-8-15-16-17-12)11-7-9(2)5-6-10(11)3/h5-8,13-14H,4H2,1-3H3. The quantitative estimate of drug-likeness (QED) is 0.902. The molecule has 2 aromatic rings. The summed E-state index contributed by atoms with van der Waals surface area (Å²) in [5, 5.41) is 7.43. The Kier molecular flexibility index (Phi) is 3.86. The molecule has 0 bridgehead atoms. The molecule has 0 aliphatic carbocycles. The molecule has 1 aromatic heterocycles. The summed E-state index contributed by atoms with van der Waals surface area (Å²) in [5.41, 5.74) is 3.90. The van der Waals surface area contributed by atoms with Crippen LogP contribution in [0.3, 0.4) is 0 Å². The van der Waals surface area contributed by atoms with Crippen molar-refractivity contribution in [2.45, 2.75) is 26.8 Å². The van der Waals surface area contributed by atoms with E-state index in [0.717, 1.165) is 6.54 Å². The van der Waals surface area contributed by atoms with Crippen LogP contribution in [0.5, 0.6) is 0 Å². The minimum Gasteiger partial charge on any atom is -0.306 e. The van der Waals surface area contributed by atoms with Crippen LogP contribution in [0, 0.1) is 13.8 Å². The molecule has 0 aliphatic heterocycles. The molecule has 3 nitrogen and oxygen atoms in total. The zero-order valence-electron chi connectivity index (χ0n) is 10.4. The van der Waals surface area contributed by atoms with Gasteiger partial charge in [0.25, 0.3) is 0 Å². The predicted molar refractivity (Wildman–Crippen MR) is 71.3 cm³/mol. The molecule has 0 spiro atoms. The van der Waals surface area contributed by atoms with Gasteiger partial charge in [-0.2, -0.15) is 0 Å². The Morgan fingerprint density at radius 1 is 1.35 bits per heavy atom. The van der Waals surface area contributed by atoms with E-state index in [1.165, 1.54) is 33.1 Å². The van der Waals surface area contributed by atoms with Crippen LogP contribution in [0.15, 0.2) is 24.4 Å². The van der Waals surface area contributed by atoms with Crippen LogP contribution in [0.2, 0.25) is 0 Å². The second kappa shape index (κ2) is 5.38. The average Bonchev–Trinajstić information content (AvgIpc) is 2.83. The topological polar surface area (TPSA) is 37.8 Å². The summed E-state index contributed by atoms with van der Waals surface area (Å²) in [5.74, 6) is 0. The molecular formula is C13H17N3S. The molecule has 2 rings (SSSR count). The molecule has 1 heterocycles. The lowest BCUT2D eigenvalue weighted by Crippen LogP contribution is -2.22.